The van der Waals surface area contributed by atoms with Crippen LogP contribution in [0.4, 0.5) is 10.1 Å². The van der Waals surface area contributed by atoms with Crippen molar-refractivity contribution in [2.24, 2.45) is 0 Å². The van der Waals surface area contributed by atoms with Crippen molar-refractivity contribution in [3.63, 3.8) is 0 Å². The van der Waals surface area contributed by atoms with Crippen molar-refractivity contribution >= 4 is 5.69 Å². The number of methoxy groups -OCH3 is 1. The van der Waals surface area contributed by atoms with E-state index in [0.717, 1.165) is 31.5 Å². The molecule has 2 fully saturated rings. The molecule has 0 bridgehead atoms. The van der Waals surface area contributed by atoms with Gasteiger partial charge in [-0.1, -0.05) is 6.07 Å². The Bertz CT molecular complexity index is 998. The molecule has 0 spiro atoms. The van der Waals surface area contributed by atoms with Crippen LogP contribution in [0.3, 0.4) is 0 Å². The van der Waals surface area contributed by atoms with Gasteiger partial charge >= 0.3 is 0 Å². The highest BCUT2D eigenvalue weighted by atomic mass is 19.1. The first kappa shape index (κ1) is 18.1. The molecule has 0 N–H and O–H groups in total. The van der Waals surface area contributed by atoms with Gasteiger partial charge in [-0.15, -0.1) is 0 Å². The Kier molecular flexibility index (Phi) is 4.67. The molecule has 7 heteroatoms. The van der Waals surface area contributed by atoms with Gasteiger partial charge in [0.15, 0.2) is 11.6 Å². The molecule has 3 heterocycles. The maximum Gasteiger partial charge on any atom is 0.197 e. The number of nitrogens with zero attached hydrogens (tertiary/aromatic N) is 5. The quantitative estimate of drug-likeness (QED) is 0.663. The zero-order chi connectivity index (χ0) is 19.8. The summed E-state index contributed by atoms with van der Waals surface area (Å²) in [6.45, 7) is 1.56. The lowest BCUT2D eigenvalue weighted by atomic mass is 10.1. The minimum absolute atomic E-state index is 0.168. The summed E-state index contributed by atoms with van der Waals surface area (Å²) in [6, 6.07) is 7.26. The standard InChI is InChI=1S/C22H22FN5O/c1-29-16-5-8-28(13-16)20-9-14(3-4-19(20)23)17-10-18(17)15-11-26-22(27-12-15)21-24-6-2-7-25-21/h2-4,6-7,9,11-12,16-18H,5,8,10,13H2,1H3/t16-,17+,18+/m1/s1. The smallest absolute Gasteiger partial charge is 0.197 e. The van der Waals surface area contributed by atoms with Crippen LogP contribution < -0.4 is 4.90 Å². The van der Waals surface area contributed by atoms with E-state index in [0.29, 0.717) is 29.2 Å². The summed E-state index contributed by atoms with van der Waals surface area (Å²) in [5.74, 6) is 1.62. The molecule has 1 aromatic carbocycles. The number of aromatic nitrogens is 4. The Morgan fingerprint density at radius 1 is 1.00 bits per heavy atom. The second kappa shape index (κ2) is 7.48. The van der Waals surface area contributed by atoms with Crippen molar-refractivity contribution in [2.75, 3.05) is 25.1 Å². The third-order valence-electron chi connectivity index (χ3n) is 5.87. The van der Waals surface area contributed by atoms with E-state index in [9.17, 15) is 4.39 Å². The first-order valence-corrected chi connectivity index (χ1v) is 9.89. The predicted molar refractivity (Wildman–Crippen MR) is 107 cm³/mol. The molecule has 2 aromatic heterocycles. The lowest BCUT2D eigenvalue weighted by Crippen LogP contribution is -2.23. The Morgan fingerprint density at radius 2 is 1.72 bits per heavy atom. The molecule has 29 heavy (non-hydrogen) atoms. The second-order valence-corrected chi connectivity index (χ2v) is 7.66. The third kappa shape index (κ3) is 3.58. The van der Waals surface area contributed by atoms with Crippen LogP contribution in [0.1, 0.15) is 35.8 Å². The van der Waals surface area contributed by atoms with Crippen LogP contribution in [-0.2, 0) is 4.74 Å². The first-order chi connectivity index (χ1) is 14.2. The molecule has 5 rings (SSSR count). The van der Waals surface area contributed by atoms with Crippen molar-refractivity contribution in [2.45, 2.75) is 30.8 Å². The first-order valence-electron chi connectivity index (χ1n) is 9.89. The van der Waals surface area contributed by atoms with Crippen molar-refractivity contribution in [3.8, 4) is 11.6 Å². The molecular weight excluding hydrogens is 369 g/mol. The van der Waals surface area contributed by atoms with Crippen molar-refractivity contribution < 1.29 is 9.13 Å². The average molecular weight is 391 g/mol. The van der Waals surface area contributed by atoms with Gasteiger partial charge in [0.1, 0.15) is 5.82 Å². The summed E-state index contributed by atoms with van der Waals surface area (Å²) in [5.41, 5.74) is 2.95. The average Bonchev–Trinajstić information content (AvgIpc) is 3.43. The minimum atomic E-state index is -0.168. The fourth-order valence-corrected chi connectivity index (χ4v) is 4.13. The van der Waals surface area contributed by atoms with Crippen LogP contribution in [0.15, 0.2) is 49.1 Å². The summed E-state index contributed by atoms with van der Waals surface area (Å²) >= 11 is 0. The van der Waals surface area contributed by atoms with Gasteiger partial charge in [-0.3, -0.25) is 0 Å². The molecule has 2 aliphatic rings. The van der Waals surface area contributed by atoms with Gasteiger partial charge < -0.3 is 9.64 Å². The predicted octanol–water partition coefficient (Wildman–Crippen LogP) is 3.57. The SMILES string of the molecule is CO[C@@H]1CCN(c2cc([C@@H]3C[C@H]3c3cnc(-c4ncccn4)nc3)ccc2F)C1. The summed E-state index contributed by atoms with van der Waals surface area (Å²) in [5, 5.41) is 0. The third-order valence-corrected chi connectivity index (χ3v) is 5.87. The van der Waals surface area contributed by atoms with Crippen LogP contribution in [0.25, 0.3) is 11.6 Å². The van der Waals surface area contributed by atoms with E-state index in [1.807, 2.05) is 24.5 Å². The molecule has 0 amide bonds. The van der Waals surface area contributed by atoms with Gasteiger partial charge in [0.05, 0.1) is 11.8 Å². The van der Waals surface area contributed by atoms with Crippen LogP contribution >= 0.6 is 0 Å². The molecule has 148 valence electrons. The van der Waals surface area contributed by atoms with E-state index in [1.165, 1.54) is 5.56 Å². The molecular formula is C22H22FN5O. The van der Waals surface area contributed by atoms with Gasteiger partial charge in [-0.05, 0) is 54.0 Å². The van der Waals surface area contributed by atoms with E-state index >= 15 is 0 Å². The number of anilines is 1. The number of hydrogen-bond acceptors (Lipinski definition) is 6. The molecule has 0 unspecified atom stereocenters. The monoisotopic (exact) mass is 391 g/mol. The molecule has 3 atom stereocenters. The number of halogens is 1. The summed E-state index contributed by atoms with van der Waals surface area (Å²) in [6.07, 6.45) is 9.21. The number of benzene rings is 1. The normalized spacial score (nSPS) is 23.4. The summed E-state index contributed by atoms with van der Waals surface area (Å²) < 4.78 is 19.9. The molecule has 0 radical (unpaired) electrons. The Hall–Kier alpha value is -2.93. The minimum Gasteiger partial charge on any atom is -0.380 e. The number of hydrogen-bond donors (Lipinski definition) is 0. The Balaban J connectivity index is 1.32. The Morgan fingerprint density at radius 3 is 2.45 bits per heavy atom. The van der Waals surface area contributed by atoms with E-state index in [2.05, 4.69) is 24.8 Å². The summed E-state index contributed by atoms with van der Waals surface area (Å²) in [4.78, 5) is 19.3. The van der Waals surface area contributed by atoms with E-state index in [4.69, 9.17) is 4.74 Å². The van der Waals surface area contributed by atoms with Crippen molar-refractivity contribution in [1.82, 2.24) is 19.9 Å². The lowest BCUT2D eigenvalue weighted by Gasteiger charge is -2.20. The van der Waals surface area contributed by atoms with Crippen LogP contribution in [-0.4, -0.2) is 46.2 Å². The van der Waals surface area contributed by atoms with E-state index in [-0.39, 0.29) is 11.9 Å². The van der Waals surface area contributed by atoms with Crippen LogP contribution in [0.2, 0.25) is 0 Å². The summed E-state index contributed by atoms with van der Waals surface area (Å²) in [7, 11) is 1.72. The molecule has 6 nitrogen and oxygen atoms in total. The molecule has 1 saturated carbocycles. The van der Waals surface area contributed by atoms with Crippen LogP contribution in [0.5, 0.6) is 0 Å². The topological polar surface area (TPSA) is 64.0 Å². The molecule has 3 aromatic rings. The number of ether oxygens (including phenoxy) is 1. The molecule has 1 aliphatic carbocycles. The van der Waals surface area contributed by atoms with Crippen LogP contribution in [0, 0.1) is 5.82 Å². The maximum absolute atomic E-state index is 14.4. The molecule has 1 saturated heterocycles. The second-order valence-electron chi connectivity index (χ2n) is 7.66. The fourth-order valence-electron chi connectivity index (χ4n) is 4.13. The lowest BCUT2D eigenvalue weighted by molar-refractivity contribution is 0.121. The van der Waals surface area contributed by atoms with Gasteiger partial charge in [0, 0.05) is 45.0 Å². The number of rotatable bonds is 5. The highest BCUT2D eigenvalue weighted by molar-refractivity contribution is 5.53. The highest BCUT2D eigenvalue weighted by Gasteiger charge is 2.40. The molecule has 1 aliphatic heterocycles. The largest absolute Gasteiger partial charge is 0.380 e. The Labute approximate surface area is 168 Å². The fraction of sp³-hybridized carbons (Fsp3) is 0.364. The maximum atomic E-state index is 14.4. The van der Waals surface area contributed by atoms with Gasteiger partial charge in [-0.25, -0.2) is 24.3 Å². The van der Waals surface area contributed by atoms with Crippen molar-refractivity contribution in [1.29, 1.82) is 0 Å². The van der Waals surface area contributed by atoms with Gasteiger partial charge in [0.2, 0.25) is 0 Å². The zero-order valence-corrected chi connectivity index (χ0v) is 16.2. The van der Waals surface area contributed by atoms with E-state index in [1.54, 1.807) is 31.6 Å². The van der Waals surface area contributed by atoms with Gasteiger partial charge in [-0.2, -0.15) is 0 Å². The zero-order valence-electron chi connectivity index (χ0n) is 16.2. The highest BCUT2D eigenvalue weighted by Crippen LogP contribution is 2.55. The van der Waals surface area contributed by atoms with Gasteiger partial charge in [0.25, 0.3) is 0 Å². The van der Waals surface area contributed by atoms with Crippen molar-refractivity contribution in [3.05, 3.63) is 66.0 Å². The van der Waals surface area contributed by atoms with E-state index < -0.39 is 0 Å².